The zero-order valence-corrected chi connectivity index (χ0v) is 27.2. The minimum Gasteiger partial charge on any atom is -0.508 e. The van der Waals surface area contributed by atoms with Gasteiger partial charge in [-0.1, -0.05) is 72.8 Å². The number of likely N-dealkylation sites (tertiary alicyclic amines) is 1. The molecule has 0 saturated carbocycles. The van der Waals surface area contributed by atoms with Gasteiger partial charge in [-0.05, 0) is 55.0 Å². The lowest BCUT2D eigenvalue weighted by molar-refractivity contribution is -0.150. The standard InChI is InChI=1S/C36H43N5O8/c1-22(42)31(35(47)41-18-8-13-30(41)36(48)49)40-34(46)29(21-25-14-16-26(43)17-15-25)39-33(45)28(20-24-11-6-3-7-12-24)38-32(44)27(37)19-23-9-4-2-5-10-23/h2-7,9-12,14-17,22,27-31,42-43H,8,13,18-21,37H2,1H3,(H,38,44)(H,39,45)(H,40,46)(H,48,49)/t22-,27+,28+,29+,30+,31+/m1/s1. The van der Waals surface area contributed by atoms with Crippen molar-refractivity contribution in [2.24, 2.45) is 5.73 Å². The van der Waals surface area contributed by atoms with E-state index < -0.39 is 65.9 Å². The Bertz CT molecular complexity index is 1590. The van der Waals surface area contributed by atoms with Gasteiger partial charge in [-0.2, -0.15) is 0 Å². The first-order chi connectivity index (χ1) is 23.4. The summed E-state index contributed by atoms with van der Waals surface area (Å²) in [5.74, 6) is -4.05. The molecule has 4 amide bonds. The van der Waals surface area contributed by atoms with Gasteiger partial charge < -0.3 is 41.9 Å². The van der Waals surface area contributed by atoms with Crippen LogP contribution in [0.15, 0.2) is 84.9 Å². The molecule has 3 aromatic carbocycles. The number of aromatic hydroxyl groups is 1. The van der Waals surface area contributed by atoms with Crippen LogP contribution in [0.1, 0.15) is 36.5 Å². The molecule has 13 nitrogen and oxygen atoms in total. The van der Waals surface area contributed by atoms with E-state index >= 15 is 0 Å². The zero-order chi connectivity index (χ0) is 35.5. The number of phenols is 1. The fraction of sp³-hybridized carbons (Fsp3) is 0.361. The molecule has 0 bridgehead atoms. The highest BCUT2D eigenvalue weighted by Gasteiger charge is 2.40. The molecule has 1 heterocycles. The Labute approximate surface area is 284 Å². The third kappa shape index (κ3) is 10.4. The van der Waals surface area contributed by atoms with Crippen LogP contribution in [0.3, 0.4) is 0 Å². The second kappa shape index (κ2) is 17.2. The summed E-state index contributed by atoms with van der Waals surface area (Å²) in [5, 5.41) is 37.8. The number of amides is 4. The van der Waals surface area contributed by atoms with Crippen LogP contribution in [0.5, 0.6) is 5.75 Å². The Kier molecular flexibility index (Phi) is 12.9. The van der Waals surface area contributed by atoms with Crippen LogP contribution in [0, 0.1) is 0 Å². The number of hydrogen-bond donors (Lipinski definition) is 7. The SMILES string of the molecule is C[C@@H](O)[C@H](NC(=O)[C@H](Cc1ccc(O)cc1)NC(=O)[C@H](Cc1ccccc1)NC(=O)[C@@H](N)Cc1ccccc1)C(=O)N1CCC[C@H]1C(=O)O. The van der Waals surface area contributed by atoms with E-state index in [1.165, 1.54) is 19.1 Å². The lowest BCUT2D eigenvalue weighted by Crippen LogP contribution is -2.61. The van der Waals surface area contributed by atoms with Gasteiger partial charge in [-0.15, -0.1) is 0 Å². The average molecular weight is 674 g/mol. The van der Waals surface area contributed by atoms with Gasteiger partial charge in [-0.3, -0.25) is 19.2 Å². The van der Waals surface area contributed by atoms with Crippen molar-refractivity contribution in [2.45, 2.75) is 75.3 Å². The minimum absolute atomic E-state index is 0.00960. The van der Waals surface area contributed by atoms with E-state index in [9.17, 15) is 39.3 Å². The number of hydrogen-bond acceptors (Lipinski definition) is 8. The maximum Gasteiger partial charge on any atom is 0.326 e. The lowest BCUT2D eigenvalue weighted by atomic mass is 10.0. The van der Waals surface area contributed by atoms with Crippen molar-refractivity contribution in [3.05, 3.63) is 102 Å². The van der Waals surface area contributed by atoms with Crippen molar-refractivity contribution in [3.63, 3.8) is 0 Å². The summed E-state index contributed by atoms with van der Waals surface area (Å²) in [6, 6.07) is 18.1. The van der Waals surface area contributed by atoms with Gasteiger partial charge in [0.1, 0.15) is 29.9 Å². The Morgan fingerprint density at radius 3 is 1.78 bits per heavy atom. The Hall–Kier alpha value is -5.27. The summed E-state index contributed by atoms with van der Waals surface area (Å²) in [6.45, 7) is 1.45. The van der Waals surface area contributed by atoms with Crippen LogP contribution in [0.4, 0.5) is 0 Å². The number of aliphatic hydroxyl groups excluding tert-OH is 1. The molecule has 4 rings (SSSR count). The highest BCUT2D eigenvalue weighted by atomic mass is 16.4. The fourth-order valence-electron chi connectivity index (χ4n) is 5.76. The number of carbonyl (C=O) groups is 5. The van der Waals surface area contributed by atoms with Crippen LogP contribution < -0.4 is 21.7 Å². The van der Waals surface area contributed by atoms with E-state index in [-0.39, 0.29) is 38.0 Å². The summed E-state index contributed by atoms with van der Waals surface area (Å²) in [7, 11) is 0. The van der Waals surface area contributed by atoms with Crippen molar-refractivity contribution >= 4 is 29.6 Å². The normalized spacial score (nSPS) is 17.2. The molecule has 49 heavy (non-hydrogen) atoms. The highest BCUT2D eigenvalue weighted by Crippen LogP contribution is 2.20. The number of nitrogens with zero attached hydrogens (tertiary/aromatic N) is 1. The van der Waals surface area contributed by atoms with Gasteiger partial charge in [-0.25, -0.2) is 4.79 Å². The van der Waals surface area contributed by atoms with Gasteiger partial charge in [0.05, 0.1) is 12.1 Å². The first-order valence-corrected chi connectivity index (χ1v) is 16.2. The third-order valence-corrected chi connectivity index (χ3v) is 8.43. The predicted molar refractivity (Wildman–Crippen MR) is 180 cm³/mol. The second-order valence-corrected chi connectivity index (χ2v) is 12.2. The first-order valence-electron chi connectivity index (χ1n) is 16.2. The summed E-state index contributed by atoms with van der Waals surface area (Å²) >= 11 is 0. The molecular formula is C36H43N5O8. The van der Waals surface area contributed by atoms with Crippen LogP contribution in [0.2, 0.25) is 0 Å². The molecular weight excluding hydrogens is 630 g/mol. The molecule has 0 aliphatic carbocycles. The van der Waals surface area contributed by atoms with Gasteiger partial charge in [0.15, 0.2) is 0 Å². The number of benzene rings is 3. The Morgan fingerprint density at radius 1 is 0.755 bits per heavy atom. The van der Waals surface area contributed by atoms with Crippen LogP contribution in [-0.2, 0) is 43.2 Å². The topological polar surface area (TPSA) is 211 Å². The molecule has 8 N–H and O–H groups in total. The molecule has 1 fully saturated rings. The highest BCUT2D eigenvalue weighted by molar-refractivity contribution is 5.96. The third-order valence-electron chi connectivity index (χ3n) is 8.43. The summed E-state index contributed by atoms with van der Waals surface area (Å²) in [5.41, 5.74) is 8.35. The summed E-state index contributed by atoms with van der Waals surface area (Å²) in [6.07, 6.45) is -0.485. The Balaban J connectivity index is 1.57. The molecule has 1 aliphatic rings. The number of carboxylic acids is 1. The van der Waals surface area contributed by atoms with Gasteiger partial charge in [0, 0.05) is 19.4 Å². The molecule has 13 heteroatoms. The van der Waals surface area contributed by atoms with Crippen molar-refractivity contribution in [1.29, 1.82) is 0 Å². The molecule has 1 aliphatic heterocycles. The molecule has 0 spiro atoms. The average Bonchev–Trinajstić information content (AvgIpc) is 3.59. The molecule has 0 aromatic heterocycles. The number of aliphatic carboxylic acids is 1. The van der Waals surface area contributed by atoms with Crippen molar-refractivity contribution in [3.8, 4) is 5.75 Å². The van der Waals surface area contributed by atoms with Gasteiger partial charge in [0.2, 0.25) is 23.6 Å². The van der Waals surface area contributed by atoms with E-state index in [1.807, 2.05) is 36.4 Å². The summed E-state index contributed by atoms with van der Waals surface area (Å²) in [4.78, 5) is 67.3. The molecule has 0 unspecified atom stereocenters. The van der Waals surface area contributed by atoms with Crippen LogP contribution >= 0.6 is 0 Å². The Morgan fingerprint density at radius 2 is 1.24 bits per heavy atom. The summed E-state index contributed by atoms with van der Waals surface area (Å²) < 4.78 is 0. The van der Waals surface area contributed by atoms with Crippen molar-refractivity contribution in [2.75, 3.05) is 6.54 Å². The van der Waals surface area contributed by atoms with Gasteiger partial charge >= 0.3 is 5.97 Å². The number of nitrogens with two attached hydrogens (primary N) is 1. The van der Waals surface area contributed by atoms with Crippen molar-refractivity contribution in [1.82, 2.24) is 20.9 Å². The molecule has 6 atom stereocenters. The number of nitrogens with one attached hydrogen (secondary N) is 3. The smallest absolute Gasteiger partial charge is 0.326 e. The number of carboxylic acid groups (broad SMARTS) is 1. The molecule has 260 valence electrons. The molecule has 1 saturated heterocycles. The quantitative estimate of drug-likeness (QED) is 0.121. The van der Waals surface area contributed by atoms with Crippen LogP contribution in [-0.4, -0.2) is 92.7 Å². The van der Waals surface area contributed by atoms with Gasteiger partial charge in [0.25, 0.3) is 0 Å². The first kappa shape index (κ1) is 36.6. The number of phenolic OH excluding ortho intramolecular Hbond substituents is 1. The molecule has 3 aromatic rings. The van der Waals surface area contributed by atoms with E-state index in [0.717, 1.165) is 16.0 Å². The number of rotatable bonds is 15. The largest absolute Gasteiger partial charge is 0.508 e. The monoisotopic (exact) mass is 673 g/mol. The maximum atomic E-state index is 13.9. The molecule has 0 radical (unpaired) electrons. The second-order valence-electron chi connectivity index (χ2n) is 12.2. The zero-order valence-electron chi connectivity index (χ0n) is 27.2. The van der Waals surface area contributed by atoms with E-state index in [4.69, 9.17) is 5.73 Å². The van der Waals surface area contributed by atoms with E-state index in [0.29, 0.717) is 12.0 Å². The van der Waals surface area contributed by atoms with E-state index in [2.05, 4.69) is 16.0 Å². The maximum absolute atomic E-state index is 13.9. The lowest BCUT2D eigenvalue weighted by Gasteiger charge is -2.30. The fourth-order valence-corrected chi connectivity index (χ4v) is 5.76. The van der Waals surface area contributed by atoms with Crippen molar-refractivity contribution < 1.29 is 39.3 Å². The van der Waals surface area contributed by atoms with Crippen LogP contribution in [0.25, 0.3) is 0 Å². The number of carbonyl (C=O) groups excluding carboxylic acids is 4. The predicted octanol–water partition coefficient (Wildman–Crippen LogP) is 0.658. The van der Waals surface area contributed by atoms with E-state index in [1.54, 1.807) is 36.4 Å². The minimum atomic E-state index is -1.50. The number of aliphatic hydroxyl groups is 1.